The van der Waals surface area contributed by atoms with Crippen LogP contribution in [0.4, 0.5) is 0 Å². The predicted octanol–water partition coefficient (Wildman–Crippen LogP) is -0.396. The Kier molecular flexibility index (Phi) is 3.40. The maximum absolute atomic E-state index is 12.3. The topological polar surface area (TPSA) is 109 Å². The molecule has 0 spiro atoms. The number of H-pyrrole nitrogens is 1. The number of nitrogens with two attached hydrogens (primary N) is 1. The molecule has 100 valence electrons. The number of piperidine rings is 1. The van der Waals surface area contributed by atoms with Crippen molar-refractivity contribution >= 4 is 15.9 Å². The number of carbonyl (C=O) groups is 1. The summed E-state index contributed by atoms with van der Waals surface area (Å²) in [5.41, 5.74) is 5.74. The highest BCUT2D eigenvalue weighted by Crippen LogP contribution is 2.24. The summed E-state index contributed by atoms with van der Waals surface area (Å²) >= 11 is 0. The third-order valence-corrected chi connectivity index (χ3v) is 5.27. The fourth-order valence-electron chi connectivity index (χ4n) is 2.12. The molecular formula is C10H16N4O3S. The van der Waals surface area contributed by atoms with Crippen LogP contribution in [0.5, 0.6) is 0 Å². The maximum atomic E-state index is 12.3. The summed E-state index contributed by atoms with van der Waals surface area (Å²) in [5.74, 6) is -0.576. The standard InChI is InChI=1S/C10H16N4O3S/c1-7-9(6-12-13-7)18(16,17)14-4-2-8(3-5-14)10(11)15/h6,8H,2-5H2,1H3,(H2,11,15)(H,12,13). The van der Waals surface area contributed by atoms with E-state index < -0.39 is 10.0 Å². The number of aryl methyl sites for hydroxylation is 1. The molecule has 2 heterocycles. The molecule has 0 bridgehead atoms. The van der Waals surface area contributed by atoms with Crippen LogP contribution in [0.1, 0.15) is 18.5 Å². The lowest BCUT2D eigenvalue weighted by molar-refractivity contribution is -0.122. The van der Waals surface area contributed by atoms with Crippen molar-refractivity contribution in [2.24, 2.45) is 11.7 Å². The van der Waals surface area contributed by atoms with Crippen LogP contribution in [-0.2, 0) is 14.8 Å². The number of amides is 1. The monoisotopic (exact) mass is 272 g/mol. The predicted molar refractivity (Wildman–Crippen MR) is 64.0 cm³/mol. The Balaban J connectivity index is 2.15. The van der Waals surface area contributed by atoms with E-state index in [2.05, 4.69) is 10.2 Å². The minimum Gasteiger partial charge on any atom is -0.369 e. The van der Waals surface area contributed by atoms with Crippen LogP contribution in [-0.4, -0.2) is 41.9 Å². The molecule has 0 saturated carbocycles. The van der Waals surface area contributed by atoms with Crippen molar-refractivity contribution in [1.29, 1.82) is 0 Å². The van der Waals surface area contributed by atoms with Gasteiger partial charge in [-0.1, -0.05) is 0 Å². The molecule has 7 nitrogen and oxygen atoms in total. The molecule has 1 aromatic heterocycles. The molecule has 1 amide bonds. The van der Waals surface area contributed by atoms with Crippen LogP contribution in [0, 0.1) is 12.8 Å². The molecule has 3 N–H and O–H groups in total. The number of rotatable bonds is 3. The Labute approximate surface area is 105 Å². The fraction of sp³-hybridized carbons (Fsp3) is 0.600. The van der Waals surface area contributed by atoms with Gasteiger partial charge in [0, 0.05) is 19.0 Å². The Morgan fingerprint density at radius 2 is 2.11 bits per heavy atom. The molecule has 1 aromatic rings. The number of nitrogens with one attached hydrogen (secondary N) is 1. The Morgan fingerprint density at radius 3 is 2.56 bits per heavy atom. The van der Waals surface area contributed by atoms with Gasteiger partial charge >= 0.3 is 0 Å². The van der Waals surface area contributed by atoms with Gasteiger partial charge in [0.1, 0.15) is 4.90 Å². The molecule has 0 radical (unpaired) electrons. The molecule has 0 atom stereocenters. The van der Waals surface area contributed by atoms with E-state index in [1.54, 1.807) is 6.92 Å². The fourth-order valence-corrected chi connectivity index (χ4v) is 3.71. The second kappa shape index (κ2) is 4.69. The molecule has 1 aliphatic heterocycles. The third-order valence-electron chi connectivity index (χ3n) is 3.26. The van der Waals surface area contributed by atoms with Crippen molar-refractivity contribution in [2.45, 2.75) is 24.7 Å². The van der Waals surface area contributed by atoms with Gasteiger partial charge in [-0.15, -0.1) is 0 Å². The van der Waals surface area contributed by atoms with Gasteiger partial charge in [0.05, 0.1) is 11.9 Å². The molecule has 0 unspecified atom stereocenters. The van der Waals surface area contributed by atoms with Crippen molar-refractivity contribution < 1.29 is 13.2 Å². The average Bonchev–Trinajstić information content (AvgIpc) is 2.76. The largest absolute Gasteiger partial charge is 0.369 e. The van der Waals surface area contributed by atoms with E-state index in [0.717, 1.165) is 0 Å². The van der Waals surface area contributed by atoms with Gasteiger partial charge in [-0.2, -0.15) is 9.40 Å². The second-order valence-electron chi connectivity index (χ2n) is 4.44. The lowest BCUT2D eigenvalue weighted by Crippen LogP contribution is -2.41. The smallest absolute Gasteiger partial charge is 0.246 e. The van der Waals surface area contributed by atoms with E-state index in [-0.39, 0.29) is 16.7 Å². The number of hydrogen-bond acceptors (Lipinski definition) is 4. The zero-order valence-electron chi connectivity index (χ0n) is 10.1. The maximum Gasteiger partial charge on any atom is 0.246 e. The van der Waals surface area contributed by atoms with Crippen molar-refractivity contribution in [1.82, 2.24) is 14.5 Å². The molecule has 0 aromatic carbocycles. The Bertz CT molecular complexity index is 543. The molecule has 18 heavy (non-hydrogen) atoms. The van der Waals surface area contributed by atoms with E-state index in [9.17, 15) is 13.2 Å². The first-order valence-corrected chi connectivity index (χ1v) is 7.16. The summed E-state index contributed by atoms with van der Waals surface area (Å²) in [6, 6.07) is 0. The molecule has 0 aliphatic carbocycles. The highest BCUT2D eigenvalue weighted by Gasteiger charge is 2.32. The summed E-state index contributed by atoms with van der Waals surface area (Å²) < 4.78 is 26.0. The number of sulfonamides is 1. The second-order valence-corrected chi connectivity index (χ2v) is 6.35. The van der Waals surface area contributed by atoms with Gasteiger partial charge < -0.3 is 5.73 Å². The van der Waals surface area contributed by atoms with Crippen LogP contribution in [0.15, 0.2) is 11.1 Å². The van der Waals surface area contributed by atoms with Gasteiger partial charge in [0.25, 0.3) is 0 Å². The lowest BCUT2D eigenvalue weighted by Gasteiger charge is -2.29. The van der Waals surface area contributed by atoms with Crippen molar-refractivity contribution in [3.05, 3.63) is 11.9 Å². The van der Waals surface area contributed by atoms with Gasteiger partial charge in [0.15, 0.2) is 0 Å². The minimum atomic E-state index is -3.51. The number of carbonyl (C=O) groups excluding carboxylic acids is 1. The van der Waals surface area contributed by atoms with Crippen LogP contribution in [0.3, 0.4) is 0 Å². The Morgan fingerprint density at radius 1 is 1.50 bits per heavy atom. The van der Waals surface area contributed by atoms with E-state index in [0.29, 0.717) is 31.6 Å². The van der Waals surface area contributed by atoms with Crippen molar-refractivity contribution in [2.75, 3.05) is 13.1 Å². The molecular weight excluding hydrogens is 256 g/mol. The van der Waals surface area contributed by atoms with Gasteiger partial charge in [0.2, 0.25) is 15.9 Å². The molecule has 2 rings (SSSR count). The number of hydrogen-bond donors (Lipinski definition) is 2. The van der Waals surface area contributed by atoms with E-state index >= 15 is 0 Å². The summed E-state index contributed by atoms with van der Waals surface area (Å²) in [5, 5.41) is 6.33. The highest BCUT2D eigenvalue weighted by atomic mass is 32.2. The van der Waals surface area contributed by atoms with Crippen molar-refractivity contribution in [3.8, 4) is 0 Å². The quantitative estimate of drug-likeness (QED) is 0.780. The van der Waals surface area contributed by atoms with E-state index in [1.807, 2.05) is 0 Å². The summed E-state index contributed by atoms with van der Waals surface area (Å²) in [6.45, 7) is 2.30. The number of primary amides is 1. The van der Waals surface area contributed by atoms with Gasteiger partial charge in [-0.05, 0) is 19.8 Å². The SMILES string of the molecule is Cc1[nH]ncc1S(=O)(=O)N1CCC(C(N)=O)CC1. The lowest BCUT2D eigenvalue weighted by atomic mass is 9.98. The van der Waals surface area contributed by atoms with E-state index in [1.165, 1.54) is 10.5 Å². The summed E-state index contributed by atoms with van der Waals surface area (Å²) in [6.07, 6.45) is 2.27. The Hall–Kier alpha value is -1.41. The first-order chi connectivity index (χ1) is 8.43. The third kappa shape index (κ3) is 2.25. The number of nitrogens with zero attached hydrogens (tertiary/aromatic N) is 2. The average molecular weight is 272 g/mol. The van der Waals surface area contributed by atoms with Crippen LogP contribution in [0.2, 0.25) is 0 Å². The molecule has 1 aliphatic rings. The number of aromatic nitrogens is 2. The molecule has 8 heteroatoms. The van der Waals surface area contributed by atoms with Crippen LogP contribution < -0.4 is 5.73 Å². The highest BCUT2D eigenvalue weighted by molar-refractivity contribution is 7.89. The number of aromatic amines is 1. The molecule has 1 fully saturated rings. The van der Waals surface area contributed by atoms with E-state index in [4.69, 9.17) is 5.73 Å². The van der Waals surface area contributed by atoms with Crippen molar-refractivity contribution in [3.63, 3.8) is 0 Å². The first-order valence-electron chi connectivity index (χ1n) is 5.72. The normalized spacial score (nSPS) is 18.9. The van der Waals surface area contributed by atoms with Crippen LogP contribution in [0.25, 0.3) is 0 Å². The zero-order valence-corrected chi connectivity index (χ0v) is 10.9. The summed E-state index contributed by atoms with van der Waals surface area (Å²) in [4.78, 5) is 11.2. The van der Waals surface area contributed by atoms with Gasteiger partial charge in [-0.25, -0.2) is 8.42 Å². The molecule has 1 saturated heterocycles. The summed E-state index contributed by atoms with van der Waals surface area (Å²) in [7, 11) is -3.51. The zero-order chi connectivity index (χ0) is 13.3. The first kappa shape index (κ1) is 13.0. The van der Waals surface area contributed by atoms with Gasteiger partial charge in [-0.3, -0.25) is 9.89 Å². The minimum absolute atomic E-state index is 0.194. The van der Waals surface area contributed by atoms with Crippen LogP contribution >= 0.6 is 0 Å².